The van der Waals surface area contributed by atoms with Gasteiger partial charge in [-0.3, -0.25) is 0 Å². The Hall–Kier alpha value is -6.46. The van der Waals surface area contributed by atoms with Crippen molar-refractivity contribution >= 4 is 89.6 Å². The number of aromatic nitrogens is 2. The van der Waals surface area contributed by atoms with Crippen molar-refractivity contribution in [3.63, 3.8) is 0 Å². The summed E-state index contributed by atoms with van der Waals surface area (Å²) in [5.41, 5.74) is 19.1. The third-order valence-electron chi connectivity index (χ3n) is 13.7. The number of fused-ring (bicyclic) bond motifs is 13. The van der Waals surface area contributed by atoms with E-state index in [9.17, 15) is 0 Å². The Morgan fingerprint density at radius 3 is 1.85 bits per heavy atom. The van der Waals surface area contributed by atoms with Crippen molar-refractivity contribution < 1.29 is 4.42 Å². The van der Waals surface area contributed by atoms with Crippen molar-refractivity contribution in [2.24, 2.45) is 0 Å². The van der Waals surface area contributed by atoms with Gasteiger partial charge in [0.2, 0.25) is 0 Å². The number of benzene rings is 7. The van der Waals surface area contributed by atoms with E-state index in [4.69, 9.17) is 4.42 Å². The predicted molar refractivity (Wildman–Crippen MR) is 260 cm³/mol. The van der Waals surface area contributed by atoms with Gasteiger partial charge in [-0.1, -0.05) is 135 Å². The van der Waals surface area contributed by atoms with Crippen LogP contribution in [0.4, 0.5) is 17.1 Å². The molecule has 61 heavy (non-hydrogen) atoms. The molecule has 2 aliphatic rings. The van der Waals surface area contributed by atoms with Crippen LogP contribution in [-0.2, 0) is 16.2 Å². The maximum Gasteiger partial charge on any atom is 0.375 e. The summed E-state index contributed by atoms with van der Waals surface area (Å²) in [7, 11) is 0. The lowest BCUT2D eigenvalue weighted by molar-refractivity contribution is 0.590. The number of para-hydroxylation sites is 3. The third-order valence-corrected chi connectivity index (χ3v) is 13.7. The highest BCUT2D eigenvalue weighted by Crippen LogP contribution is 2.52. The molecule has 0 N–H and O–H groups in total. The van der Waals surface area contributed by atoms with E-state index in [1.165, 1.54) is 82.6 Å². The van der Waals surface area contributed by atoms with Gasteiger partial charge in [-0.2, -0.15) is 0 Å². The number of furan rings is 1. The first-order valence-corrected chi connectivity index (χ1v) is 21.9. The molecule has 0 amide bonds. The van der Waals surface area contributed by atoms with E-state index in [2.05, 4.69) is 216 Å². The lowest BCUT2D eigenvalue weighted by atomic mass is 9.47. The van der Waals surface area contributed by atoms with E-state index in [1.807, 2.05) is 0 Å². The minimum atomic E-state index is -0.202. The molecule has 0 unspecified atom stereocenters. The molecule has 298 valence electrons. The van der Waals surface area contributed by atoms with E-state index in [0.29, 0.717) is 0 Å². The second-order valence-corrected chi connectivity index (χ2v) is 20.6. The fourth-order valence-corrected chi connectivity index (χ4v) is 10.6. The highest BCUT2D eigenvalue weighted by atomic mass is 16.3. The van der Waals surface area contributed by atoms with Crippen LogP contribution in [0.1, 0.15) is 79.0 Å². The van der Waals surface area contributed by atoms with E-state index >= 15 is 0 Å². The molecule has 0 radical (unpaired) electrons. The van der Waals surface area contributed by atoms with Gasteiger partial charge in [-0.25, -0.2) is 0 Å². The average molecular weight is 792 g/mol. The zero-order valence-corrected chi connectivity index (χ0v) is 36.6. The monoisotopic (exact) mass is 791 g/mol. The second kappa shape index (κ2) is 12.1. The van der Waals surface area contributed by atoms with Gasteiger partial charge in [0.25, 0.3) is 0 Å². The topological polar surface area (TPSA) is 26.2 Å². The van der Waals surface area contributed by atoms with Gasteiger partial charge in [-0.05, 0) is 111 Å². The molecule has 5 heteroatoms. The molecule has 7 aromatic carbocycles. The predicted octanol–water partition coefficient (Wildman–Crippen LogP) is 13.9. The molecule has 2 aliphatic heterocycles. The molecule has 12 rings (SSSR count). The maximum absolute atomic E-state index is 7.27. The first-order valence-electron chi connectivity index (χ1n) is 21.9. The smallest absolute Gasteiger partial charge is 0.375 e. The number of hydrogen-bond donors (Lipinski definition) is 0. The van der Waals surface area contributed by atoms with E-state index in [1.54, 1.807) is 0 Å². The molecule has 0 bridgehead atoms. The Bertz CT molecular complexity index is 3470. The molecule has 0 fully saturated rings. The second-order valence-electron chi connectivity index (χ2n) is 20.6. The molecular weight excluding hydrogens is 741 g/mol. The van der Waals surface area contributed by atoms with Gasteiger partial charge in [0.05, 0.1) is 16.7 Å². The lowest BCUT2D eigenvalue weighted by Crippen LogP contribution is -2.56. The zero-order chi connectivity index (χ0) is 41.9. The molecule has 0 saturated carbocycles. The summed E-state index contributed by atoms with van der Waals surface area (Å²) >= 11 is 0. The van der Waals surface area contributed by atoms with Gasteiger partial charge in [0.15, 0.2) is 0 Å². The summed E-state index contributed by atoms with van der Waals surface area (Å²) in [5, 5.41) is 6.22. The lowest BCUT2D eigenvalue weighted by Gasteiger charge is -2.39. The van der Waals surface area contributed by atoms with Crippen molar-refractivity contribution in [2.75, 3.05) is 4.90 Å². The molecule has 0 spiro atoms. The molecule has 0 aliphatic carbocycles. The largest absolute Gasteiger partial charge is 0.466 e. The van der Waals surface area contributed by atoms with Crippen LogP contribution in [0.25, 0.3) is 71.4 Å². The summed E-state index contributed by atoms with van der Waals surface area (Å²) < 4.78 is 12.4. The minimum absolute atomic E-state index is 0.0384. The SMILES string of the molecule is CC(C)(C)c1ccc(N2c3cc(C(C)(C)C)cc4c3B(c3oc5ccccc5c32)n2c3ccc(C(C)(C)C)cc3c3c2c-4cc2c4ccccc4n(-c4ccccc4)c23)cc1. The van der Waals surface area contributed by atoms with Gasteiger partial charge in [0.1, 0.15) is 11.2 Å². The van der Waals surface area contributed by atoms with Gasteiger partial charge >= 0.3 is 6.85 Å². The molecule has 5 heterocycles. The van der Waals surface area contributed by atoms with Crippen molar-refractivity contribution in [3.8, 4) is 16.8 Å². The average Bonchev–Trinajstić information content (AvgIpc) is 3.90. The van der Waals surface area contributed by atoms with E-state index in [0.717, 1.165) is 33.7 Å². The van der Waals surface area contributed by atoms with E-state index in [-0.39, 0.29) is 23.1 Å². The minimum Gasteiger partial charge on any atom is -0.466 e. The third kappa shape index (κ3) is 5.01. The highest BCUT2D eigenvalue weighted by molar-refractivity contribution is 6.89. The fourth-order valence-electron chi connectivity index (χ4n) is 10.6. The van der Waals surface area contributed by atoms with Crippen molar-refractivity contribution in [3.05, 3.63) is 156 Å². The highest BCUT2D eigenvalue weighted by Gasteiger charge is 2.47. The first kappa shape index (κ1) is 36.4. The fraction of sp³-hybridized carbons (Fsp3) is 0.214. The van der Waals surface area contributed by atoms with Crippen LogP contribution in [0.15, 0.2) is 144 Å². The van der Waals surface area contributed by atoms with Crippen LogP contribution in [-0.4, -0.2) is 15.9 Å². The van der Waals surface area contributed by atoms with Gasteiger partial charge in [-0.15, -0.1) is 0 Å². The number of rotatable bonds is 2. The van der Waals surface area contributed by atoms with Crippen LogP contribution in [0.3, 0.4) is 0 Å². The molecule has 0 saturated heterocycles. The van der Waals surface area contributed by atoms with Crippen LogP contribution >= 0.6 is 0 Å². The van der Waals surface area contributed by atoms with E-state index < -0.39 is 0 Å². The Balaban J connectivity index is 1.31. The Labute approximate surface area is 358 Å². The van der Waals surface area contributed by atoms with Crippen LogP contribution < -0.4 is 16.0 Å². The maximum atomic E-state index is 7.27. The summed E-state index contributed by atoms with van der Waals surface area (Å²) in [6.45, 7) is 20.7. The summed E-state index contributed by atoms with van der Waals surface area (Å²) in [6.07, 6.45) is 0. The quantitative estimate of drug-likeness (QED) is 0.163. The molecular formula is C56H50BN3O. The first-order chi connectivity index (χ1) is 29.2. The molecule has 10 aromatic rings. The summed E-state index contributed by atoms with van der Waals surface area (Å²) in [6, 6.07) is 52.6. The molecule has 0 atom stereocenters. The van der Waals surface area contributed by atoms with Crippen LogP contribution in [0.5, 0.6) is 0 Å². The van der Waals surface area contributed by atoms with Crippen molar-refractivity contribution in [1.82, 2.24) is 9.05 Å². The summed E-state index contributed by atoms with van der Waals surface area (Å²) in [4.78, 5) is 2.52. The standard InChI is InChI=1S/C56H50BN3O/c1-54(2,3)33-23-26-37(27-24-33)59-46-31-35(56(7,8)9)30-40-42-32-41-38-19-13-15-21-44(38)58(36-17-11-10-12-18-36)50(41)48-43-29-34(55(4,5)6)25-28-45(43)60(51(42)48)57(49(40)46)53-52(59)39-20-14-16-22-47(39)61-53/h10-32H,1-9H3. The van der Waals surface area contributed by atoms with Crippen molar-refractivity contribution in [2.45, 2.75) is 78.6 Å². The van der Waals surface area contributed by atoms with Crippen LogP contribution in [0.2, 0.25) is 0 Å². The number of hydrogen-bond acceptors (Lipinski definition) is 2. The van der Waals surface area contributed by atoms with Gasteiger partial charge < -0.3 is 18.4 Å². The van der Waals surface area contributed by atoms with Crippen LogP contribution in [0, 0.1) is 0 Å². The Morgan fingerprint density at radius 2 is 1.13 bits per heavy atom. The normalized spacial score (nSPS) is 13.9. The van der Waals surface area contributed by atoms with Crippen molar-refractivity contribution in [1.29, 1.82) is 0 Å². The zero-order valence-electron chi connectivity index (χ0n) is 36.6. The Morgan fingerprint density at radius 1 is 0.475 bits per heavy atom. The molecule has 4 nitrogen and oxygen atoms in total. The number of nitrogens with zero attached hydrogens (tertiary/aromatic N) is 3. The van der Waals surface area contributed by atoms with Gasteiger partial charge in [0, 0.05) is 60.6 Å². The number of anilines is 3. The molecule has 3 aromatic heterocycles. The Kier molecular flexibility index (Phi) is 7.22. The summed E-state index contributed by atoms with van der Waals surface area (Å²) in [5.74, 6) is 0.